The summed E-state index contributed by atoms with van der Waals surface area (Å²) in [4.78, 5) is -0.0631. The van der Waals surface area contributed by atoms with Crippen LogP contribution in [0.4, 0.5) is 0 Å². The highest BCUT2D eigenvalue weighted by atomic mass is 35.5. The summed E-state index contributed by atoms with van der Waals surface area (Å²) in [5, 5.41) is 11.4. The van der Waals surface area contributed by atoms with Gasteiger partial charge in [0.2, 0.25) is 10.0 Å². The van der Waals surface area contributed by atoms with Crippen molar-refractivity contribution in [2.75, 3.05) is 20.8 Å². The molecule has 0 spiro atoms. The summed E-state index contributed by atoms with van der Waals surface area (Å²) in [6.07, 6.45) is 2.02. The van der Waals surface area contributed by atoms with Crippen LogP contribution in [0.2, 0.25) is 5.02 Å². The molecule has 0 aromatic heterocycles. The summed E-state index contributed by atoms with van der Waals surface area (Å²) in [7, 11) is -0.947. The zero-order valence-corrected chi connectivity index (χ0v) is 16.7. The van der Waals surface area contributed by atoms with Gasteiger partial charge in [-0.3, -0.25) is 0 Å². The normalized spacial score (nSPS) is 19.4. The molecule has 1 atom stereocenters. The van der Waals surface area contributed by atoms with Crippen molar-refractivity contribution >= 4 is 21.6 Å². The summed E-state index contributed by atoms with van der Waals surface area (Å²) in [6.45, 7) is -0.148. The predicted octanol–water partition coefficient (Wildman–Crippen LogP) is 2.86. The number of hydrogen-bond donors (Lipinski definition) is 2. The SMILES string of the molecule is COc1ccc2c(c1)CCCC2(O)CNS(=O)(=O)c1cc(Cl)ccc1OC. The van der Waals surface area contributed by atoms with Crippen LogP contribution in [0.3, 0.4) is 0 Å². The molecule has 27 heavy (non-hydrogen) atoms. The molecule has 0 aliphatic heterocycles. The van der Waals surface area contributed by atoms with E-state index in [1.807, 2.05) is 6.07 Å². The van der Waals surface area contributed by atoms with Crippen molar-refractivity contribution in [3.63, 3.8) is 0 Å². The lowest BCUT2D eigenvalue weighted by Gasteiger charge is -2.34. The van der Waals surface area contributed by atoms with Crippen molar-refractivity contribution in [1.82, 2.24) is 4.72 Å². The van der Waals surface area contributed by atoms with Crippen LogP contribution in [0.15, 0.2) is 41.3 Å². The van der Waals surface area contributed by atoms with Crippen molar-refractivity contribution in [3.8, 4) is 11.5 Å². The van der Waals surface area contributed by atoms with Gasteiger partial charge in [0.05, 0.1) is 14.2 Å². The Bertz CT molecular complexity index is 947. The molecule has 0 fully saturated rings. The molecular weight excluding hydrogens is 390 g/mol. The quantitative estimate of drug-likeness (QED) is 0.763. The molecule has 146 valence electrons. The highest BCUT2D eigenvalue weighted by molar-refractivity contribution is 7.89. The number of sulfonamides is 1. The largest absolute Gasteiger partial charge is 0.497 e. The second kappa shape index (κ2) is 7.67. The lowest BCUT2D eigenvalue weighted by molar-refractivity contribution is 0.0242. The second-order valence-electron chi connectivity index (χ2n) is 6.53. The van der Waals surface area contributed by atoms with Gasteiger partial charge in [-0.05, 0) is 60.7 Å². The van der Waals surface area contributed by atoms with Crippen LogP contribution in [0.25, 0.3) is 0 Å². The molecule has 0 radical (unpaired) electrons. The van der Waals surface area contributed by atoms with Gasteiger partial charge in [-0.15, -0.1) is 0 Å². The molecule has 0 heterocycles. The van der Waals surface area contributed by atoms with E-state index >= 15 is 0 Å². The predicted molar refractivity (Wildman–Crippen MR) is 103 cm³/mol. The maximum absolute atomic E-state index is 12.8. The van der Waals surface area contributed by atoms with Crippen LogP contribution in [0.1, 0.15) is 24.0 Å². The van der Waals surface area contributed by atoms with Gasteiger partial charge in [0, 0.05) is 11.6 Å². The number of methoxy groups -OCH3 is 2. The number of hydrogen-bond acceptors (Lipinski definition) is 5. The molecule has 1 unspecified atom stereocenters. The fourth-order valence-electron chi connectivity index (χ4n) is 3.40. The number of aryl methyl sites for hydroxylation is 1. The molecule has 6 nitrogen and oxygen atoms in total. The Hall–Kier alpha value is -1.80. The maximum atomic E-state index is 12.8. The zero-order chi connectivity index (χ0) is 19.7. The number of aliphatic hydroxyl groups is 1. The Balaban J connectivity index is 1.88. The van der Waals surface area contributed by atoms with E-state index in [2.05, 4.69) is 4.72 Å². The topological polar surface area (TPSA) is 84.9 Å². The number of fused-ring (bicyclic) bond motifs is 1. The molecule has 2 N–H and O–H groups in total. The number of nitrogens with one attached hydrogen (secondary N) is 1. The Morgan fingerprint density at radius 2 is 1.96 bits per heavy atom. The van der Waals surface area contributed by atoms with Crippen LogP contribution < -0.4 is 14.2 Å². The monoisotopic (exact) mass is 411 g/mol. The second-order valence-corrected chi connectivity index (χ2v) is 8.70. The highest BCUT2D eigenvalue weighted by Crippen LogP contribution is 2.37. The molecule has 0 amide bonds. The number of benzene rings is 2. The standard InChI is InChI=1S/C19H22ClNO5S/c1-25-15-6-7-16-13(10-15)4-3-9-19(16,22)12-21-27(23,24)18-11-14(20)5-8-17(18)26-2/h5-8,10-11,21-22H,3-4,9,12H2,1-2H3. The molecule has 2 aromatic rings. The van der Waals surface area contributed by atoms with Crippen molar-refractivity contribution in [2.24, 2.45) is 0 Å². The molecule has 8 heteroatoms. The first-order valence-electron chi connectivity index (χ1n) is 8.52. The fraction of sp³-hybridized carbons (Fsp3) is 0.368. The smallest absolute Gasteiger partial charge is 0.244 e. The van der Waals surface area contributed by atoms with Gasteiger partial charge in [-0.1, -0.05) is 17.7 Å². The van der Waals surface area contributed by atoms with Crippen LogP contribution in [-0.2, 0) is 22.0 Å². The minimum Gasteiger partial charge on any atom is -0.497 e. The Morgan fingerprint density at radius 1 is 1.19 bits per heavy atom. The molecule has 0 bridgehead atoms. The van der Waals surface area contributed by atoms with Crippen LogP contribution >= 0.6 is 11.6 Å². The van der Waals surface area contributed by atoms with E-state index in [0.29, 0.717) is 12.2 Å². The van der Waals surface area contributed by atoms with Crippen molar-refractivity contribution in [2.45, 2.75) is 29.8 Å². The molecule has 0 saturated carbocycles. The summed E-state index contributed by atoms with van der Waals surface area (Å²) >= 11 is 5.94. The van der Waals surface area contributed by atoms with E-state index in [1.165, 1.54) is 19.2 Å². The summed E-state index contributed by atoms with van der Waals surface area (Å²) in [5.74, 6) is 0.898. The van der Waals surface area contributed by atoms with Gasteiger partial charge in [-0.25, -0.2) is 13.1 Å². The first-order valence-corrected chi connectivity index (χ1v) is 10.4. The Morgan fingerprint density at radius 3 is 2.67 bits per heavy atom. The van der Waals surface area contributed by atoms with Gasteiger partial charge in [0.15, 0.2) is 0 Å². The molecule has 1 aliphatic carbocycles. The highest BCUT2D eigenvalue weighted by Gasteiger charge is 2.36. The average molecular weight is 412 g/mol. The summed E-state index contributed by atoms with van der Waals surface area (Å²) in [5.41, 5.74) is 0.386. The summed E-state index contributed by atoms with van der Waals surface area (Å²) < 4.78 is 38.4. The third-order valence-electron chi connectivity index (χ3n) is 4.82. The zero-order valence-electron chi connectivity index (χ0n) is 15.2. The van der Waals surface area contributed by atoms with E-state index in [9.17, 15) is 13.5 Å². The van der Waals surface area contributed by atoms with E-state index in [-0.39, 0.29) is 22.2 Å². The minimum absolute atomic E-state index is 0.0631. The molecule has 0 saturated heterocycles. The lowest BCUT2D eigenvalue weighted by atomic mass is 9.79. The van der Waals surface area contributed by atoms with Gasteiger partial charge in [-0.2, -0.15) is 0 Å². The third kappa shape index (κ3) is 4.06. The number of rotatable bonds is 6. The fourth-order valence-corrected chi connectivity index (χ4v) is 4.92. The van der Waals surface area contributed by atoms with Crippen molar-refractivity contribution in [3.05, 3.63) is 52.5 Å². The van der Waals surface area contributed by atoms with Gasteiger partial charge >= 0.3 is 0 Å². The maximum Gasteiger partial charge on any atom is 0.244 e. The van der Waals surface area contributed by atoms with E-state index in [1.54, 1.807) is 25.3 Å². The average Bonchev–Trinajstić information content (AvgIpc) is 2.66. The lowest BCUT2D eigenvalue weighted by Crippen LogP contribution is -2.43. The summed E-state index contributed by atoms with van der Waals surface area (Å²) in [6, 6.07) is 9.82. The molecule has 3 rings (SSSR count). The molecule has 1 aliphatic rings. The van der Waals surface area contributed by atoms with Crippen molar-refractivity contribution < 1.29 is 23.0 Å². The minimum atomic E-state index is -3.92. The van der Waals surface area contributed by atoms with E-state index < -0.39 is 15.6 Å². The van der Waals surface area contributed by atoms with Gasteiger partial charge < -0.3 is 14.6 Å². The van der Waals surface area contributed by atoms with Crippen molar-refractivity contribution in [1.29, 1.82) is 0 Å². The van der Waals surface area contributed by atoms with E-state index in [4.69, 9.17) is 21.1 Å². The Kier molecular flexibility index (Phi) is 5.67. The Labute approximate surface area is 164 Å². The first kappa shape index (κ1) is 19.9. The van der Waals surface area contributed by atoms with Gasteiger partial charge in [0.25, 0.3) is 0 Å². The number of ether oxygens (including phenoxy) is 2. The molecular formula is C19H22ClNO5S. The third-order valence-corrected chi connectivity index (χ3v) is 6.48. The molecule has 2 aromatic carbocycles. The van der Waals surface area contributed by atoms with Crippen LogP contribution in [0, 0.1) is 0 Å². The van der Waals surface area contributed by atoms with E-state index in [0.717, 1.165) is 24.0 Å². The first-order chi connectivity index (χ1) is 12.8. The van der Waals surface area contributed by atoms with Crippen LogP contribution in [-0.4, -0.2) is 34.3 Å². The number of halogens is 1. The van der Waals surface area contributed by atoms with Crippen LogP contribution in [0.5, 0.6) is 11.5 Å². The van der Waals surface area contributed by atoms with Gasteiger partial charge in [0.1, 0.15) is 22.0 Å².